The fraction of sp³-hybridized carbons (Fsp3) is 0.609. The van der Waals surface area contributed by atoms with Crippen molar-refractivity contribution in [2.75, 3.05) is 39.4 Å². The van der Waals surface area contributed by atoms with Crippen molar-refractivity contribution in [3.63, 3.8) is 0 Å². The summed E-state index contributed by atoms with van der Waals surface area (Å²) < 4.78 is 41.7. The molecule has 200 valence electrons. The van der Waals surface area contributed by atoms with Gasteiger partial charge in [0.15, 0.2) is 11.6 Å². The molecule has 0 aliphatic carbocycles. The van der Waals surface area contributed by atoms with Crippen molar-refractivity contribution in [1.29, 1.82) is 0 Å². The van der Waals surface area contributed by atoms with Crippen LogP contribution in [0.15, 0.2) is 24.8 Å². The van der Waals surface area contributed by atoms with Gasteiger partial charge in [-0.2, -0.15) is 0 Å². The first-order chi connectivity index (χ1) is 16.7. The van der Waals surface area contributed by atoms with Crippen molar-refractivity contribution in [3.05, 3.63) is 48.1 Å². The third-order valence-electron chi connectivity index (χ3n) is 4.96. The molecule has 2 aromatic heterocycles. The molecule has 4 heterocycles. The van der Waals surface area contributed by atoms with E-state index in [0.717, 1.165) is 25.5 Å². The van der Waals surface area contributed by atoms with Gasteiger partial charge < -0.3 is 24.4 Å². The van der Waals surface area contributed by atoms with E-state index in [1.54, 1.807) is 4.90 Å². The van der Waals surface area contributed by atoms with Crippen LogP contribution in [0.1, 0.15) is 32.4 Å². The minimum absolute atomic E-state index is 0. The zero-order valence-corrected chi connectivity index (χ0v) is 21.5. The molecule has 2 aromatic rings. The van der Waals surface area contributed by atoms with Gasteiger partial charge >= 0.3 is 6.09 Å². The number of morpholine rings is 2. The summed E-state index contributed by atoms with van der Waals surface area (Å²) in [6.45, 7) is 9.24. The summed E-state index contributed by atoms with van der Waals surface area (Å²) in [5.74, 6) is 0.239. The van der Waals surface area contributed by atoms with Crippen LogP contribution in [-0.2, 0) is 27.1 Å². The normalized spacial score (nSPS) is 20.0. The molecule has 0 bridgehead atoms. The van der Waals surface area contributed by atoms with E-state index in [1.165, 1.54) is 12.4 Å². The lowest BCUT2D eigenvalue weighted by molar-refractivity contribution is -0.0421. The van der Waals surface area contributed by atoms with Crippen LogP contribution in [0.2, 0.25) is 0 Å². The predicted octanol–water partition coefficient (Wildman–Crippen LogP) is 2.36. The smallest absolute Gasteiger partial charge is 0.410 e. The highest BCUT2D eigenvalue weighted by atomic mass is 35.5. The van der Waals surface area contributed by atoms with Gasteiger partial charge in [0.25, 0.3) is 0 Å². The van der Waals surface area contributed by atoms with Gasteiger partial charge in [-0.15, -0.1) is 12.4 Å². The first kappa shape index (κ1) is 29.7. The minimum Gasteiger partial charge on any atom is -0.444 e. The number of rotatable bonds is 4. The Morgan fingerprint density at radius 2 is 1.53 bits per heavy atom. The number of nitrogens with zero attached hydrogens (tertiary/aromatic N) is 5. The lowest BCUT2D eigenvalue weighted by Crippen LogP contribution is -2.48. The van der Waals surface area contributed by atoms with Crippen LogP contribution in [0.5, 0.6) is 0 Å². The molecule has 36 heavy (non-hydrogen) atoms. The van der Waals surface area contributed by atoms with Crippen LogP contribution in [0.4, 0.5) is 13.6 Å². The third-order valence-corrected chi connectivity index (χ3v) is 4.96. The number of ether oxygens (including phenoxy) is 3. The molecule has 0 unspecified atom stereocenters. The summed E-state index contributed by atoms with van der Waals surface area (Å²) in [5, 5.41) is 3.21. The van der Waals surface area contributed by atoms with E-state index >= 15 is 0 Å². The van der Waals surface area contributed by atoms with Crippen molar-refractivity contribution in [2.45, 2.75) is 51.4 Å². The lowest BCUT2D eigenvalue weighted by atomic mass is 10.2. The van der Waals surface area contributed by atoms with Crippen LogP contribution in [-0.4, -0.2) is 88.1 Å². The van der Waals surface area contributed by atoms with Gasteiger partial charge in [-0.3, -0.25) is 0 Å². The molecule has 0 spiro atoms. The van der Waals surface area contributed by atoms with Crippen LogP contribution in [0.3, 0.4) is 0 Å². The maximum absolute atomic E-state index is 12.8. The highest BCUT2D eigenvalue weighted by molar-refractivity contribution is 5.85. The van der Waals surface area contributed by atoms with Gasteiger partial charge in [-0.05, 0) is 20.8 Å². The zero-order chi connectivity index (χ0) is 25.3. The van der Waals surface area contributed by atoms with E-state index in [-0.39, 0.29) is 30.7 Å². The summed E-state index contributed by atoms with van der Waals surface area (Å²) in [7, 11) is 0. The van der Waals surface area contributed by atoms with Crippen molar-refractivity contribution in [1.82, 2.24) is 30.2 Å². The largest absolute Gasteiger partial charge is 0.444 e. The van der Waals surface area contributed by atoms with Crippen molar-refractivity contribution in [3.8, 4) is 0 Å². The van der Waals surface area contributed by atoms with E-state index in [1.807, 2.05) is 20.8 Å². The maximum Gasteiger partial charge on any atom is 0.410 e. The highest BCUT2D eigenvalue weighted by Gasteiger charge is 2.28. The summed E-state index contributed by atoms with van der Waals surface area (Å²) in [6, 6.07) is 0. The molecule has 4 rings (SSSR count). The predicted molar refractivity (Wildman–Crippen MR) is 129 cm³/mol. The molecular formula is C23H33ClF2N6O4. The fourth-order valence-electron chi connectivity index (χ4n) is 3.38. The second-order valence-corrected chi connectivity index (χ2v) is 9.16. The molecule has 2 saturated heterocycles. The first-order valence-electron chi connectivity index (χ1n) is 11.5. The fourth-order valence-corrected chi connectivity index (χ4v) is 3.38. The Hall–Kier alpha value is -2.54. The molecule has 0 saturated carbocycles. The highest BCUT2D eigenvalue weighted by Crippen LogP contribution is 2.14. The SMILES string of the molecule is CC(C)(C)OC(=O)N1CCO[C@H](Cc2ncc(F)cn2)C1.Cl.Fc1cnc(C[C@@H]2CNCCO2)nc1. The van der Waals surface area contributed by atoms with E-state index in [0.29, 0.717) is 50.8 Å². The maximum atomic E-state index is 12.8. The first-order valence-corrected chi connectivity index (χ1v) is 11.5. The molecule has 1 amide bonds. The molecule has 2 aliphatic heterocycles. The van der Waals surface area contributed by atoms with E-state index in [2.05, 4.69) is 25.3 Å². The second-order valence-electron chi connectivity index (χ2n) is 9.16. The van der Waals surface area contributed by atoms with Crippen molar-refractivity contribution >= 4 is 18.5 Å². The van der Waals surface area contributed by atoms with Crippen LogP contribution >= 0.6 is 12.4 Å². The number of hydrogen-bond donors (Lipinski definition) is 1. The molecule has 2 aliphatic rings. The minimum atomic E-state index is -0.523. The van der Waals surface area contributed by atoms with Crippen LogP contribution in [0.25, 0.3) is 0 Å². The van der Waals surface area contributed by atoms with Gasteiger partial charge in [-0.25, -0.2) is 33.5 Å². The molecule has 13 heteroatoms. The van der Waals surface area contributed by atoms with Gasteiger partial charge in [-0.1, -0.05) is 0 Å². The Kier molecular flexibility index (Phi) is 11.8. The van der Waals surface area contributed by atoms with E-state index in [4.69, 9.17) is 14.2 Å². The molecule has 0 radical (unpaired) electrons. The van der Waals surface area contributed by atoms with Crippen LogP contribution < -0.4 is 5.32 Å². The number of carbonyl (C=O) groups excluding carboxylic acids is 1. The third kappa shape index (κ3) is 10.6. The monoisotopic (exact) mass is 530 g/mol. The van der Waals surface area contributed by atoms with E-state index in [9.17, 15) is 13.6 Å². The Labute approximate surface area is 215 Å². The molecule has 10 nitrogen and oxygen atoms in total. The number of carbonyl (C=O) groups is 1. The number of amides is 1. The van der Waals surface area contributed by atoms with Gasteiger partial charge in [0.2, 0.25) is 0 Å². The molecule has 2 atom stereocenters. The summed E-state index contributed by atoms with van der Waals surface area (Å²) in [5.41, 5.74) is -0.523. The molecule has 0 aromatic carbocycles. The Morgan fingerprint density at radius 1 is 1.00 bits per heavy atom. The van der Waals surface area contributed by atoms with Crippen molar-refractivity contribution < 1.29 is 27.8 Å². The summed E-state index contributed by atoms with van der Waals surface area (Å²) in [6.07, 6.45) is 5.21. The lowest BCUT2D eigenvalue weighted by Gasteiger charge is -2.34. The summed E-state index contributed by atoms with van der Waals surface area (Å²) in [4.78, 5) is 29.2. The average molecular weight is 531 g/mol. The van der Waals surface area contributed by atoms with Crippen molar-refractivity contribution in [2.24, 2.45) is 0 Å². The molecule has 2 fully saturated rings. The number of aromatic nitrogens is 4. The second kappa shape index (κ2) is 14.3. The number of hydrogen-bond acceptors (Lipinski definition) is 9. The Bertz CT molecular complexity index is 928. The zero-order valence-electron chi connectivity index (χ0n) is 20.7. The Morgan fingerprint density at radius 3 is 2.03 bits per heavy atom. The standard InChI is InChI=1S/C14H20FN3O3.C9H12FN3O.ClH/c1-14(2,3)21-13(19)18-4-5-20-11(9-18)6-12-16-7-10(15)8-17-12;10-7-4-12-9(13-5-7)3-8-6-11-1-2-14-8;/h7-8,11H,4-6,9H2,1-3H3;4-5,8,11H,1-3,6H2;1H/t11-;8-;/m11./s1. The van der Waals surface area contributed by atoms with Crippen LogP contribution in [0, 0.1) is 11.6 Å². The molecular weight excluding hydrogens is 498 g/mol. The van der Waals surface area contributed by atoms with E-state index < -0.39 is 17.2 Å². The number of nitrogens with one attached hydrogen (secondary N) is 1. The van der Waals surface area contributed by atoms with Gasteiger partial charge in [0.05, 0.1) is 56.8 Å². The topological polar surface area (TPSA) is 112 Å². The van der Waals surface area contributed by atoms with Gasteiger partial charge in [0.1, 0.15) is 17.2 Å². The summed E-state index contributed by atoms with van der Waals surface area (Å²) >= 11 is 0. The Balaban J connectivity index is 0.000000265. The quantitative estimate of drug-likeness (QED) is 0.636. The average Bonchev–Trinajstić information content (AvgIpc) is 2.82. The van der Waals surface area contributed by atoms with Gasteiger partial charge in [0, 0.05) is 32.5 Å². The number of halogens is 3. The molecule has 1 N–H and O–H groups in total.